The molecule has 4 heteroatoms. The molecule has 2 N–H and O–H groups in total. The van der Waals surface area contributed by atoms with E-state index in [9.17, 15) is 4.79 Å². The molecule has 1 amide bonds. The zero-order chi connectivity index (χ0) is 14.1. The van der Waals surface area contributed by atoms with Crippen LogP contribution in [0.4, 0.5) is 5.82 Å². The van der Waals surface area contributed by atoms with Gasteiger partial charge in [0.1, 0.15) is 5.82 Å². The lowest BCUT2D eigenvalue weighted by Gasteiger charge is -2.21. The highest BCUT2D eigenvalue weighted by atomic mass is 16.1. The number of aryl methyl sites for hydroxylation is 1. The highest BCUT2D eigenvalue weighted by molar-refractivity contribution is 5.95. The van der Waals surface area contributed by atoms with E-state index in [2.05, 4.69) is 15.6 Å². The SMILES string of the molecule is CNc1cc(C(=O)NCC2CC3CCC2C3)cc(C)n1. The van der Waals surface area contributed by atoms with Crippen molar-refractivity contribution in [3.8, 4) is 0 Å². The Bertz CT molecular complexity index is 514. The van der Waals surface area contributed by atoms with Crippen LogP contribution in [0.1, 0.15) is 41.7 Å². The summed E-state index contributed by atoms with van der Waals surface area (Å²) >= 11 is 0. The molecule has 108 valence electrons. The second-order valence-electron chi connectivity index (χ2n) is 6.28. The van der Waals surface area contributed by atoms with Gasteiger partial charge in [0, 0.05) is 24.8 Å². The number of rotatable bonds is 4. The molecular formula is C16H23N3O. The first-order valence-electron chi connectivity index (χ1n) is 7.60. The average molecular weight is 273 g/mol. The molecule has 2 bridgehead atoms. The molecule has 0 spiro atoms. The van der Waals surface area contributed by atoms with Gasteiger partial charge in [-0.15, -0.1) is 0 Å². The standard InChI is InChI=1S/C16H23N3O/c1-10-5-13(8-15(17-2)19-10)16(20)18-9-14-7-11-3-4-12(14)6-11/h5,8,11-12,14H,3-4,6-7,9H2,1-2H3,(H,17,19)(H,18,20). The van der Waals surface area contributed by atoms with Crippen LogP contribution < -0.4 is 10.6 Å². The monoisotopic (exact) mass is 273 g/mol. The maximum Gasteiger partial charge on any atom is 0.251 e. The van der Waals surface area contributed by atoms with E-state index in [1.165, 1.54) is 25.7 Å². The highest BCUT2D eigenvalue weighted by Crippen LogP contribution is 2.47. The van der Waals surface area contributed by atoms with Crippen molar-refractivity contribution >= 4 is 11.7 Å². The van der Waals surface area contributed by atoms with E-state index in [0.717, 1.165) is 29.9 Å². The lowest BCUT2D eigenvalue weighted by Crippen LogP contribution is -2.31. The van der Waals surface area contributed by atoms with Crippen LogP contribution in [0.2, 0.25) is 0 Å². The Balaban J connectivity index is 1.60. The quantitative estimate of drug-likeness (QED) is 0.886. The van der Waals surface area contributed by atoms with E-state index < -0.39 is 0 Å². The number of nitrogens with zero attached hydrogens (tertiary/aromatic N) is 1. The Hall–Kier alpha value is -1.58. The maximum absolute atomic E-state index is 12.3. The number of carbonyl (C=O) groups is 1. The van der Waals surface area contributed by atoms with Gasteiger partial charge < -0.3 is 10.6 Å². The Kier molecular flexibility index (Phi) is 3.64. The minimum Gasteiger partial charge on any atom is -0.373 e. The van der Waals surface area contributed by atoms with Gasteiger partial charge in [-0.3, -0.25) is 4.79 Å². The molecule has 0 saturated heterocycles. The van der Waals surface area contributed by atoms with Gasteiger partial charge in [0.15, 0.2) is 0 Å². The molecule has 0 aliphatic heterocycles. The Morgan fingerprint density at radius 3 is 2.85 bits per heavy atom. The number of aromatic nitrogens is 1. The smallest absolute Gasteiger partial charge is 0.251 e. The molecule has 20 heavy (non-hydrogen) atoms. The molecule has 3 rings (SSSR count). The number of fused-ring (bicyclic) bond motifs is 2. The third kappa shape index (κ3) is 2.65. The van der Waals surface area contributed by atoms with Crippen molar-refractivity contribution in [3.63, 3.8) is 0 Å². The molecule has 0 radical (unpaired) electrons. The second-order valence-corrected chi connectivity index (χ2v) is 6.28. The fraction of sp³-hybridized carbons (Fsp3) is 0.625. The lowest BCUT2D eigenvalue weighted by molar-refractivity contribution is 0.0941. The van der Waals surface area contributed by atoms with Crippen molar-refractivity contribution in [1.29, 1.82) is 0 Å². The number of hydrogen-bond donors (Lipinski definition) is 2. The van der Waals surface area contributed by atoms with Crippen molar-refractivity contribution in [2.45, 2.75) is 32.6 Å². The molecule has 2 saturated carbocycles. The summed E-state index contributed by atoms with van der Waals surface area (Å²) in [5.41, 5.74) is 1.56. The van der Waals surface area contributed by atoms with Crippen molar-refractivity contribution in [1.82, 2.24) is 10.3 Å². The zero-order valence-corrected chi connectivity index (χ0v) is 12.3. The van der Waals surface area contributed by atoms with Crippen LogP contribution in [0, 0.1) is 24.7 Å². The summed E-state index contributed by atoms with van der Waals surface area (Å²) in [6, 6.07) is 3.65. The third-order valence-corrected chi connectivity index (χ3v) is 4.88. The molecule has 1 aromatic rings. The van der Waals surface area contributed by atoms with Crippen molar-refractivity contribution in [3.05, 3.63) is 23.4 Å². The van der Waals surface area contributed by atoms with E-state index in [-0.39, 0.29) is 5.91 Å². The summed E-state index contributed by atoms with van der Waals surface area (Å²) in [6.45, 7) is 2.74. The van der Waals surface area contributed by atoms with Crippen molar-refractivity contribution in [2.24, 2.45) is 17.8 Å². The molecule has 1 aromatic heterocycles. The predicted molar refractivity (Wildman–Crippen MR) is 79.8 cm³/mol. The maximum atomic E-state index is 12.3. The van der Waals surface area contributed by atoms with Crippen molar-refractivity contribution in [2.75, 3.05) is 18.9 Å². The molecule has 2 aliphatic carbocycles. The number of anilines is 1. The van der Waals surface area contributed by atoms with Gasteiger partial charge >= 0.3 is 0 Å². The van der Waals surface area contributed by atoms with Crippen LogP contribution in [0.5, 0.6) is 0 Å². The van der Waals surface area contributed by atoms with Crippen LogP contribution in [0.25, 0.3) is 0 Å². The van der Waals surface area contributed by atoms with E-state index in [0.29, 0.717) is 11.5 Å². The minimum atomic E-state index is 0.0229. The van der Waals surface area contributed by atoms with Gasteiger partial charge in [0.2, 0.25) is 0 Å². The topological polar surface area (TPSA) is 54.0 Å². The molecule has 1 heterocycles. The molecule has 4 nitrogen and oxygen atoms in total. The largest absolute Gasteiger partial charge is 0.373 e. The molecule has 3 atom stereocenters. The Morgan fingerprint density at radius 2 is 2.20 bits per heavy atom. The van der Waals surface area contributed by atoms with Crippen LogP contribution in [0.3, 0.4) is 0 Å². The van der Waals surface area contributed by atoms with E-state index in [1.807, 2.05) is 26.1 Å². The Labute approximate surface area is 120 Å². The second kappa shape index (κ2) is 5.43. The third-order valence-electron chi connectivity index (χ3n) is 4.88. The minimum absolute atomic E-state index is 0.0229. The van der Waals surface area contributed by atoms with Crippen LogP contribution in [-0.2, 0) is 0 Å². The summed E-state index contributed by atoms with van der Waals surface area (Å²) in [7, 11) is 1.82. The van der Waals surface area contributed by atoms with Gasteiger partial charge in [-0.25, -0.2) is 4.98 Å². The fourth-order valence-electron chi connectivity index (χ4n) is 3.88. The Morgan fingerprint density at radius 1 is 1.35 bits per heavy atom. The number of amides is 1. The molecule has 2 aliphatic rings. The van der Waals surface area contributed by atoms with Crippen molar-refractivity contribution < 1.29 is 4.79 Å². The summed E-state index contributed by atoms with van der Waals surface area (Å²) in [6.07, 6.45) is 5.47. The van der Waals surface area contributed by atoms with E-state index in [4.69, 9.17) is 0 Å². The molecule has 3 unspecified atom stereocenters. The summed E-state index contributed by atoms with van der Waals surface area (Å²) in [4.78, 5) is 16.6. The average Bonchev–Trinajstić information content (AvgIpc) is 3.06. The molecular weight excluding hydrogens is 250 g/mol. The normalized spacial score (nSPS) is 27.6. The first-order valence-corrected chi connectivity index (χ1v) is 7.60. The van der Waals surface area contributed by atoms with Gasteiger partial charge in [0.25, 0.3) is 5.91 Å². The first-order chi connectivity index (χ1) is 9.65. The van der Waals surface area contributed by atoms with Gasteiger partial charge in [-0.1, -0.05) is 6.42 Å². The number of nitrogens with one attached hydrogen (secondary N) is 2. The first kappa shape index (κ1) is 13.4. The summed E-state index contributed by atoms with van der Waals surface area (Å²) in [5, 5.41) is 6.10. The summed E-state index contributed by atoms with van der Waals surface area (Å²) in [5.74, 6) is 3.25. The number of pyridine rings is 1. The van der Waals surface area contributed by atoms with Gasteiger partial charge in [-0.05, 0) is 56.1 Å². The van der Waals surface area contributed by atoms with Crippen LogP contribution in [-0.4, -0.2) is 24.5 Å². The van der Waals surface area contributed by atoms with Crippen LogP contribution >= 0.6 is 0 Å². The number of hydrogen-bond acceptors (Lipinski definition) is 3. The summed E-state index contributed by atoms with van der Waals surface area (Å²) < 4.78 is 0. The zero-order valence-electron chi connectivity index (χ0n) is 12.3. The highest BCUT2D eigenvalue weighted by Gasteiger charge is 2.39. The van der Waals surface area contributed by atoms with Crippen LogP contribution in [0.15, 0.2) is 12.1 Å². The van der Waals surface area contributed by atoms with E-state index in [1.54, 1.807) is 0 Å². The lowest BCUT2D eigenvalue weighted by atomic mass is 9.89. The van der Waals surface area contributed by atoms with Gasteiger partial charge in [-0.2, -0.15) is 0 Å². The van der Waals surface area contributed by atoms with Gasteiger partial charge in [0.05, 0.1) is 0 Å². The molecule has 0 aromatic carbocycles. The fourth-order valence-corrected chi connectivity index (χ4v) is 3.88. The molecule has 2 fully saturated rings. The number of carbonyl (C=O) groups excluding carboxylic acids is 1. The van der Waals surface area contributed by atoms with E-state index >= 15 is 0 Å². The predicted octanol–water partition coefficient (Wildman–Crippen LogP) is 2.60.